The molecule has 0 atom stereocenters. The Kier molecular flexibility index (Phi) is 6.37. The third-order valence-electron chi connectivity index (χ3n) is 3.89. The normalized spacial score (nSPS) is 15.1. The van der Waals surface area contributed by atoms with Crippen molar-refractivity contribution < 1.29 is 13.6 Å². The molecule has 2 nitrogen and oxygen atoms in total. The van der Waals surface area contributed by atoms with E-state index in [4.69, 9.17) is 0 Å². The highest BCUT2D eigenvalue weighted by atomic mass is 32.2. The summed E-state index contributed by atoms with van der Waals surface area (Å²) in [7, 11) is 0. The van der Waals surface area contributed by atoms with E-state index in [0.717, 1.165) is 17.8 Å². The van der Waals surface area contributed by atoms with E-state index in [1.165, 1.54) is 29.6 Å². The van der Waals surface area contributed by atoms with Gasteiger partial charge in [-0.3, -0.25) is 4.79 Å². The number of thioether (sulfide) groups is 2. The average Bonchev–Trinajstić information content (AvgIpc) is 2.64. The number of carbonyl (C=O) groups is 1. The summed E-state index contributed by atoms with van der Waals surface area (Å²) < 4.78 is 26.5. The van der Waals surface area contributed by atoms with Crippen molar-refractivity contribution in [3.63, 3.8) is 0 Å². The molecule has 1 heterocycles. The number of amides is 1. The van der Waals surface area contributed by atoms with Crippen LogP contribution >= 0.6 is 23.5 Å². The quantitative estimate of drug-likeness (QED) is 0.754. The van der Waals surface area contributed by atoms with Crippen molar-refractivity contribution in [2.45, 2.75) is 23.8 Å². The van der Waals surface area contributed by atoms with Crippen molar-refractivity contribution in [1.82, 2.24) is 0 Å². The topological polar surface area (TPSA) is 29.1 Å². The van der Waals surface area contributed by atoms with Crippen molar-refractivity contribution in [2.24, 2.45) is 0 Å². The van der Waals surface area contributed by atoms with Crippen LogP contribution in [0, 0.1) is 11.6 Å². The number of rotatable bonds is 5. The molecule has 1 aliphatic heterocycles. The van der Waals surface area contributed by atoms with E-state index >= 15 is 0 Å². The Morgan fingerprint density at radius 3 is 2.64 bits per heavy atom. The first kappa shape index (κ1) is 18.3. The van der Waals surface area contributed by atoms with Gasteiger partial charge < -0.3 is 5.32 Å². The lowest BCUT2D eigenvalue weighted by Gasteiger charge is -2.21. The standard InChI is InChI=1S/C19H19F2NOS2/c20-16-7-5-13(11-17(16)21)6-8-18(23)22-15-4-1-3-14(12-15)19-24-9-2-10-25-19/h1,3-5,7,11-12,19H,2,6,8-10H2,(H,22,23). The minimum absolute atomic E-state index is 0.133. The maximum atomic E-state index is 13.2. The van der Waals surface area contributed by atoms with E-state index in [0.29, 0.717) is 16.6 Å². The molecule has 0 saturated carbocycles. The molecule has 132 valence electrons. The highest BCUT2D eigenvalue weighted by molar-refractivity contribution is 8.16. The molecule has 0 aromatic heterocycles. The first-order valence-electron chi connectivity index (χ1n) is 8.19. The third-order valence-corrected chi connectivity index (χ3v) is 6.91. The molecule has 0 spiro atoms. The first-order valence-corrected chi connectivity index (χ1v) is 10.3. The largest absolute Gasteiger partial charge is 0.326 e. The molecular formula is C19H19F2NOS2. The summed E-state index contributed by atoms with van der Waals surface area (Å²) >= 11 is 3.88. The van der Waals surface area contributed by atoms with Crippen molar-refractivity contribution in [1.29, 1.82) is 0 Å². The monoisotopic (exact) mass is 379 g/mol. The predicted octanol–water partition coefficient (Wildman–Crippen LogP) is 5.40. The Morgan fingerprint density at radius 2 is 1.88 bits per heavy atom. The molecule has 3 rings (SSSR count). The van der Waals surface area contributed by atoms with Crippen LogP contribution in [-0.2, 0) is 11.2 Å². The second-order valence-corrected chi connectivity index (χ2v) is 8.57. The highest BCUT2D eigenvalue weighted by Gasteiger charge is 2.17. The molecule has 0 bridgehead atoms. The average molecular weight is 379 g/mol. The highest BCUT2D eigenvalue weighted by Crippen LogP contribution is 2.44. The molecule has 2 aromatic rings. The smallest absolute Gasteiger partial charge is 0.224 e. The number of carbonyl (C=O) groups excluding carboxylic acids is 1. The van der Waals surface area contributed by atoms with Gasteiger partial charge in [0, 0.05) is 12.1 Å². The van der Waals surface area contributed by atoms with Crippen LogP contribution in [0.15, 0.2) is 42.5 Å². The summed E-state index contributed by atoms with van der Waals surface area (Å²) in [4.78, 5) is 12.1. The molecule has 1 aliphatic rings. The maximum absolute atomic E-state index is 13.2. The number of nitrogens with one attached hydrogen (secondary N) is 1. The second kappa shape index (κ2) is 8.72. The molecule has 25 heavy (non-hydrogen) atoms. The Bertz CT molecular complexity index is 748. The number of benzene rings is 2. The van der Waals surface area contributed by atoms with E-state index in [2.05, 4.69) is 11.4 Å². The van der Waals surface area contributed by atoms with Crippen molar-refractivity contribution >= 4 is 35.1 Å². The van der Waals surface area contributed by atoms with E-state index < -0.39 is 11.6 Å². The van der Waals surface area contributed by atoms with E-state index in [1.807, 2.05) is 41.7 Å². The van der Waals surface area contributed by atoms with Gasteiger partial charge in [0.15, 0.2) is 11.6 Å². The molecule has 1 amide bonds. The van der Waals surface area contributed by atoms with Gasteiger partial charge in [-0.05, 0) is 59.7 Å². The lowest BCUT2D eigenvalue weighted by molar-refractivity contribution is -0.116. The van der Waals surface area contributed by atoms with Crippen LogP contribution in [0.2, 0.25) is 0 Å². The molecule has 2 aromatic carbocycles. The summed E-state index contributed by atoms with van der Waals surface area (Å²) in [6.45, 7) is 0. The fourth-order valence-corrected chi connectivity index (χ4v) is 5.49. The van der Waals surface area contributed by atoms with Gasteiger partial charge in [-0.15, -0.1) is 23.5 Å². The molecule has 1 N–H and O–H groups in total. The van der Waals surface area contributed by atoms with Gasteiger partial charge in [0.05, 0.1) is 4.58 Å². The number of hydrogen-bond acceptors (Lipinski definition) is 3. The molecule has 1 saturated heterocycles. The summed E-state index contributed by atoms with van der Waals surface area (Å²) in [5.41, 5.74) is 2.60. The van der Waals surface area contributed by atoms with E-state index in [-0.39, 0.29) is 12.3 Å². The molecule has 0 radical (unpaired) electrons. The van der Waals surface area contributed by atoms with Crippen LogP contribution in [0.25, 0.3) is 0 Å². The van der Waals surface area contributed by atoms with Gasteiger partial charge in [0.2, 0.25) is 5.91 Å². The molecular weight excluding hydrogens is 360 g/mol. The third kappa shape index (κ3) is 5.22. The number of anilines is 1. The van der Waals surface area contributed by atoms with Gasteiger partial charge in [-0.2, -0.15) is 0 Å². The first-order chi connectivity index (χ1) is 12.1. The summed E-state index contributed by atoms with van der Waals surface area (Å²) in [5, 5.41) is 2.89. The Balaban J connectivity index is 1.56. The fourth-order valence-electron chi connectivity index (χ4n) is 2.62. The van der Waals surface area contributed by atoms with Gasteiger partial charge in [-0.1, -0.05) is 18.2 Å². The molecule has 1 fully saturated rings. The van der Waals surface area contributed by atoms with Gasteiger partial charge in [0.25, 0.3) is 0 Å². The molecule has 0 unspecified atom stereocenters. The molecule has 0 aliphatic carbocycles. The minimum Gasteiger partial charge on any atom is -0.326 e. The Morgan fingerprint density at radius 1 is 1.08 bits per heavy atom. The van der Waals surface area contributed by atoms with Crippen LogP contribution in [0.4, 0.5) is 14.5 Å². The lowest BCUT2D eigenvalue weighted by Crippen LogP contribution is -2.12. The lowest BCUT2D eigenvalue weighted by atomic mass is 10.1. The zero-order valence-corrected chi connectivity index (χ0v) is 15.3. The predicted molar refractivity (Wildman–Crippen MR) is 102 cm³/mol. The number of hydrogen-bond donors (Lipinski definition) is 1. The van der Waals surface area contributed by atoms with E-state index in [1.54, 1.807) is 0 Å². The van der Waals surface area contributed by atoms with E-state index in [9.17, 15) is 13.6 Å². The van der Waals surface area contributed by atoms with Gasteiger partial charge in [0.1, 0.15) is 0 Å². The van der Waals surface area contributed by atoms with Crippen LogP contribution in [0.3, 0.4) is 0 Å². The maximum Gasteiger partial charge on any atom is 0.224 e. The van der Waals surface area contributed by atoms with Crippen LogP contribution in [0.5, 0.6) is 0 Å². The number of aryl methyl sites for hydroxylation is 1. The SMILES string of the molecule is O=C(CCc1ccc(F)c(F)c1)Nc1cccc(C2SCCCS2)c1. The van der Waals surface area contributed by atoms with Crippen LogP contribution < -0.4 is 5.32 Å². The van der Waals surface area contributed by atoms with Crippen molar-refractivity contribution in [3.8, 4) is 0 Å². The van der Waals surface area contributed by atoms with Crippen LogP contribution in [-0.4, -0.2) is 17.4 Å². The fraction of sp³-hybridized carbons (Fsp3) is 0.316. The molecule has 6 heteroatoms. The van der Waals surface area contributed by atoms with Gasteiger partial charge >= 0.3 is 0 Å². The second-order valence-electron chi connectivity index (χ2n) is 5.85. The minimum atomic E-state index is -0.881. The van der Waals surface area contributed by atoms with Gasteiger partial charge in [-0.25, -0.2) is 8.78 Å². The van der Waals surface area contributed by atoms with Crippen LogP contribution in [0.1, 0.15) is 28.6 Å². The number of halogens is 2. The zero-order valence-electron chi connectivity index (χ0n) is 13.6. The Labute approximate surface area is 154 Å². The Hall–Kier alpha value is -1.53. The summed E-state index contributed by atoms with van der Waals surface area (Å²) in [6, 6.07) is 11.7. The summed E-state index contributed by atoms with van der Waals surface area (Å²) in [6.07, 6.45) is 1.84. The van der Waals surface area contributed by atoms with Crippen molar-refractivity contribution in [2.75, 3.05) is 16.8 Å². The summed E-state index contributed by atoms with van der Waals surface area (Å²) in [5.74, 6) is 0.452. The van der Waals surface area contributed by atoms with Crippen molar-refractivity contribution in [3.05, 3.63) is 65.2 Å². The zero-order chi connectivity index (χ0) is 17.6.